The second-order valence-electron chi connectivity index (χ2n) is 4.69. The van der Waals surface area contributed by atoms with Crippen LogP contribution in [0.2, 0.25) is 0 Å². The summed E-state index contributed by atoms with van der Waals surface area (Å²) >= 11 is 0. The molecule has 2 rings (SSSR count). The number of aromatic nitrogens is 1. The van der Waals surface area contributed by atoms with Crippen molar-refractivity contribution in [2.45, 2.75) is 30.8 Å². The summed E-state index contributed by atoms with van der Waals surface area (Å²) in [6.07, 6.45) is 2.53. The van der Waals surface area contributed by atoms with Crippen molar-refractivity contribution in [1.29, 1.82) is 5.26 Å². The van der Waals surface area contributed by atoms with Crippen molar-refractivity contribution >= 4 is 10.0 Å². The summed E-state index contributed by atoms with van der Waals surface area (Å²) in [6, 6.07) is 4.71. The largest absolute Gasteiger partial charge is 0.315 e. The second kappa shape index (κ2) is 5.25. The van der Waals surface area contributed by atoms with Crippen LogP contribution in [-0.2, 0) is 10.0 Å². The number of hydrogen-bond donors (Lipinski definition) is 1. The Labute approximate surface area is 112 Å². The number of nitrogens with zero attached hydrogens (tertiary/aromatic N) is 3. The quantitative estimate of drug-likeness (QED) is 0.857. The number of pyridine rings is 1. The maximum atomic E-state index is 12.6. The van der Waals surface area contributed by atoms with Gasteiger partial charge in [0, 0.05) is 12.7 Å². The summed E-state index contributed by atoms with van der Waals surface area (Å²) in [5, 5.41) is 8.97. The van der Waals surface area contributed by atoms with Gasteiger partial charge in [-0.1, -0.05) is 6.92 Å². The standard InChI is InChI=1S/C12H16N4O2S/c1-9-4-3-7-16(12(9)14)19(17,18)11-5-2-6-15-10(11)8-13/h2,5-6,9,12H,3-4,7,14H2,1H3. The first-order chi connectivity index (χ1) is 8.98. The Kier molecular flexibility index (Phi) is 3.85. The average molecular weight is 280 g/mol. The van der Waals surface area contributed by atoms with Crippen LogP contribution in [0.1, 0.15) is 25.5 Å². The van der Waals surface area contributed by atoms with E-state index in [0.717, 1.165) is 12.8 Å². The molecule has 1 aliphatic heterocycles. The first kappa shape index (κ1) is 13.9. The minimum absolute atomic E-state index is 0.0675. The second-order valence-corrected chi connectivity index (χ2v) is 6.55. The van der Waals surface area contributed by atoms with Gasteiger partial charge in [-0.2, -0.15) is 9.57 Å². The zero-order valence-corrected chi connectivity index (χ0v) is 11.5. The fourth-order valence-electron chi connectivity index (χ4n) is 2.26. The highest BCUT2D eigenvalue weighted by Crippen LogP contribution is 2.27. The predicted molar refractivity (Wildman–Crippen MR) is 69.2 cm³/mol. The van der Waals surface area contributed by atoms with Gasteiger partial charge in [-0.05, 0) is 30.9 Å². The highest BCUT2D eigenvalue weighted by atomic mass is 32.2. The summed E-state index contributed by atoms with van der Waals surface area (Å²) in [4.78, 5) is 3.73. The molecule has 0 spiro atoms. The van der Waals surface area contributed by atoms with Crippen LogP contribution in [0.5, 0.6) is 0 Å². The zero-order chi connectivity index (χ0) is 14.0. The number of hydrogen-bond acceptors (Lipinski definition) is 5. The molecule has 7 heteroatoms. The maximum Gasteiger partial charge on any atom is 0.247 e. The lowest BCUT2D eigenvalue weighted by atomic mass is 9.99. The van der Waals surface area contributed by atoms with Gasteiger partial charge >= 0.3 is 0 Å². The van der Waals surface area contributed by atoms with Crippen molar-refractivity contribution < 1.29 is 8.42 Å². The van der Waals surface area contributed by atoms with Crippen molar-refractivity contribution in [3.8, 4) is 6.07 Å². The fourth-order valence-corrected chi connectivity index (χ4v) is 4.01. The normalized spacial score (nSPS) is 24.9. The number of sulfonamides is 1. The highest BCUT2D eigenvalue weighted by molar-refractivity contribution is 7.89. The molecular weight excluding hydrogens is 264 g/mol. The van der Waals surface area contributed by atoms with Crippen molar-refractivity contribution in [1.82, 2.24) is 9.29 Å². The first-order valence-electron chi connectivity index (χ1n) is 6.11. The van der Waals surface area contributed by atoms with Crippen LogP contribution in [0.3, 0.4) is 0 Å². The van der Waals surface area contributed by atoms with Gasteiger partial charge in [0.2, 0.25) is 10.0 Å². The average Bonchev–Trinajstić information content (AvgIpc) is 2.41. The van der Waals surface area contributed by atoms with Gasteiger partial charge in [-0.15, -0.1) is 0 Å². The number of rotatable bonds is 2. The predicted octanol–water partition coefficient (Wildman–Crippen LogP) is 0.659. The summed E-state index contributed by atoms with van der Waals surface area (Å²) in [5.41, 5.74) is 5.89. The van der Waals surface area contributed by atoms with E-state index in [1.165, 1.54) is 22.6 Å². The minimum Gasteiger partial charge on any atom is -0.315 e. The molecule has 0 saturated carbocycles. The van der Waals surface area contributed by atoms with E-state index in [0.29, 0.717) is 6.54 Å². The molecule has 1 saturated heterocycles. The molecule has 1 aromatic rings. The van der Waals surface area contributed by atoms with E-state index in [4.69, 9.17) is 11.0 Å². The molecule has 6 nitrogen and oxygen atoms in total. The molecule has 2 atom stereocenters. The highest BCUT2D eigenvalue weighted by Gasteiger charge is 2.36. The van der Waals surface area contributed by atoms with E-state index in [1.54, 1.807) is 0 Å². The van der Waals surface area contributed by atoms with Crippen LogP contribution in [0.25, 0.3) is 0 Å². The number of nitrogens with two attached hydrogens (primary N) is 1. The molecule has 2 unspecified atom stereocenters. The molecule has 0 radical (unpaired) electrons. The van der Waals surface area contributed by atoms with E-state index in [-0.39, 0.29) is 16.5 Å². The van der Waals surface area contributed by atoms with Gasteiger partial charge < -0.3 is 5.73 Å². The Morgan fingerprint density at radius 3 is 3.00 bits per heavy atom. The molecule has 102 valence electrons. The van der Waals surface area contributed by atoms with Gasteiger partial charge in [0.05, 0.1) is 6.17 Å². The van der Waals surface area contributed by atoms with Gasteiger partial charge in [-0.25, -0.2) is 13.4 Å². The Morgan fingerprint density at radius 1 is 1.58 bits per heavy atom. The first-order valence-corrected chi connectivity index (χ1v) is 7.55. The molecule has 2 heterocycles. The zero-order valence-electron chi connectivity index (χ0n) is 10.7. The molecule has 0 amide bonds. The van der Waals surface area contributed by atoms with E-state index >= 15 is 0 Å². The lowest BCUT2D eigenvalue weighted by Crippen LogP contribution is -2.52. The lowest BCUT2D eigenvalue weighted by Gasteiger charge is -2.36. The molecule has 19 heavy (non-hydrogen) atoms. The van der Waals surface area contributed by atoms with Crippen LogP contribution in [0.4, 0.5) is 0 Å². The van der Waals surface area contributed by atoms with Crippen molar-refractivity contribution in [2.24, 2.45) is 11.7 Å². The molecular formula is C12H16N4O2S. The Balaban J connectivity index is 2.45. The maximum absolute atomic E-state index is 12.6. The Morgan fingerprint density at radius 2 is 2.32 bits per heavy atom. The van der Waals surface area contributed by atoms with Crippen LogP contribution >= 0.6 is 0 Å². The van der Waals surface area contributed by atoms with Crippen molar-refractivity contribution in [3.05, 3.63) is 24.0 Å². The Hall–Kier alpha value is -1.49. The van der Waals surface area contributed by atoms with E-state index in [9.17, 15) is 8.42 Å². The number of nitriles is 1. The smallest absolute Gasteiger partial charge is 0.247 e. The molecule has 1 aromatic heterocycles. The van der Waals surface area contributed by atoms with Gasteiger partial charge in [0.25, 0.3) is 0 Å². The third kappa shape index (κ3) is 2.47. The minimum atomic E-state index is -3.76. The van der Waals surface area contributed by atoms with Crippen molar-refractivity contribution in [2.75, 3.05) is 6.54 Å². The van der Waals surface area contributed by atoms with Crippen molar-refractivity contribution in [3.63, 3.8) is 0 Å². The van der Waals surface area contributed by atoms with E-state index in [2.05, 4.69) is 4.98 Å². The molecule has 0 aromatic carbocycles. The van der Waals surface area contributed by atoms with Crippen LogP contribution < -0.4 is 5.73 Å². The molecule has 0 bridgehead atoms. The van der Waals surface area contributed by atoms with Crippen LogP contribution in [-0.4, -0.2) is 30.4 Å². The Bertz CT molecular complexity index is 608. The molecule has 1 fully saturated rings. The molecule has 0 aliphatic carbocycles. The summed E-state index contributed by atoms with van der Waals surface area (Å²) < 4.78 is 26.4. The number of piperidine rings is 1. The topological polar surface area (TPSA) is 100 Å². The van der Waals surface area contributed by atoms with E-state index in [1.807, 2.05) is 13.0 Å². The summed E-state index contributed by atoms with van der Waals surface area (Å²) in [7, 11) is -3.76. The third-order valence-corrected chi connectivity index (χ3v) is 5.35. The molecule has 2 N–H and O–H groups in total. The monoisotopic (exact) mass is 280 g/mol. The summed E-state index contributed by atoms with van der Waals surface area (Å²) in [6.45, 7) is 2.31. The molecule has 1 aliphatic rings. The van der Waals surface area contributed by atoms with E-state index < -0.39 is 16.2 Å². The van der Waals surface area contributed by atoms with Crippen LogP contribution in [0, 0.1) is 17.2 Å². The van der Waals surface area contributed by atoms with Gasteiger partial charge in [0.1, 0.15) is 11.0 Å². The summed E-state index contributed by atoms with van der Waals surface area (Å²) in [5.74, 6) is 0.103. The third-order valence-electron chi connectivity index (χ3n) is 3.42. The van der Waals surface area contributed by atoms with Crippen LogP contribution in [0.15, 0.2) is 23.2 Å². The fraction of sp³-hybridized carbons (Fsp3) is 0.500. The SMILES string of the molecule is CC1CCCN(S(=O)(=O)c2cccnc2C#N)C1N. The lowest BCUT2D eigenvalue weighted by molar-refractivity contribution is 0.192. The van der Waals surface area contributed by atoms with Gasteiger partial charge in [0.15, 0.2) is 5.69 Å². The van der Waals surface area contributed by atoms with Gasteiger partial charge in [-0.3, -0.25) is 0 Å².